The molecule has 2 aromatic rings. The van der Waals surface area contributed by atoms with Gasteiger partial charge in [-0.05, 0) is 59.2 Å². The molecule has 1 heterocycles. The number of hydrogen-bond acceptors (Lipinski definition) is 2. The third-order valence-corrected chi connectivity index (χ3v) is 6.25. The molecule has 1 aromatic carbocycles. The summed E-state index contributed by atoms with van der Waals surface area (Å²) in [7, 11) is 0. The van der Waals surface area contributed by atoms with Crippen LogP contribution < -0.4 is 5.32 Å². The Bertz CT molecular complexity index is 561. The summed E-state index contributed by atoms with van der Waals surface area (Å²) in [4.78, 5) is 2.63. The van der Waals surface area contributed by atoms with E-state index in [0.29, 0.717) is 0 Å². The Hall–Kier alpha value is 0.320. The Balaban J connectivity index is 2.47. The summed E-state index contributed by atoms with van der Waals surface area (Å²) < 4.78 is 3.41. The zero-order valence-electron chi connectivity index (χ0n) is 10.6. The number of nitrogens with one attached hydrogen (secondary N) is 1. The highest BCUT2D eigenvalue weighted by molar-refractivity contribution is 9.11. The van der Waals surface area contributed by atoms with Crippen LogP contribution in [0, 0.1) is 6.92 Å². The van der Waals surface area contributed by atoms with E-state index in [-0.39, 0.29) is 6.04 Å². The molecule has 5 heteroatoms. The van der Waals surface area contributed by atoms with Crippen LogP contribution in [0.5, 0.6) is 0 Å². The summed E-state index contributed by atoms with van der Waals surface area (Å²) in [5.74, 6) is 0. The average molecular weight is 468 g/mol. The van der Waals surface area contributed by atoms with Crippen LogP contribution in [0.25, 0.3) is 0 Å². The van der Waals surface area contributed by atoms with Crippen molar-refractivity contribution in [1.82, 2.24) is 5.32 Å². The van der Waals surface area contributed by atoms with Gasteiger partial charge in [-0.3, -0.25) is 0 Å². The van der Waals surface area contributed by atoms with Gasteiger partial charge in [0.2, 0.25) is 0 Å². The van der Waals surface area contributed by atoms with E-state index in [1.807, 2.05) is 17.4 Å². The minimum atomic E-state index is 0.215. The molecular formula is C14H14Br3NS. The van der Waals surface area contributed by atoms with Crippen molar-refractivity contribution in [3.63, 3.8) is 0 Å². The zero-order valence-corrected chi connectivity index (χ0v) is 16.2. The Kier molecular flexibility index (Phi) is 5.66. The molecule has 0 saturated carbocycles. The Morgan fingerprint density at radius 1 is 1.16 bits per heavy atom. The Labute approximate surface area is 143 Å². The van der Waals surface area contributed by atoms with Gasteiger partial charge in [-0.1, -0.05) is 38.8 Å². The molecule has 102 valence electrons. The number of aryl methyl sites for hydroxylation is 1. The molecule has 0 aliphatic heterocycles. The number of halogens is 3. The Morgan fingerprint density at radius 2 is 1.89 bits per heavy atom. The highest BCUT2D eigenvalue weighted by Crippen LogP contribution is 2.37. The second-order valence-corrected chi connectivity index (χ2v) is 8.12. The first-order valence-corrected chi connectivity index (χ1v) is 9.16. The molecule has 19 heavy (non-hydrogen) atoms. The minimum Gasteiger partial charge on any atom is -0.306 e. The molecular weight excluding hydrogens is 454 g/mol. The maximum Gasteiger partial charge on any atom is 0.0682 e. The largest absolute Gasteiger partial charge is 0.306 e. The fourth-order valence-corrected chi connectivity index (χ4v) is 4.44. The van der Waals surface area contributed by atoms with E-state index in [4.69, 9.17) is 0 Å². The maximum atomic E-state index is 3.66. The SMILES string of the molecule is CCNC(c1cc(Br)c(C)s1)c1cc(Br)ccc1Br. The van der Waals surface area contributed by atoms with Crippen LogP contribution in [0.2, 0.25) is 0 Å². The van der Waals surface area contributed by atoms with Crippen molar-refractivity contribution >= 4 is 59.1 Å². The first-order valence-electron chi connectivity index (χ1n) is 5.97. The topological polar surface area (TPSA) is 12.0 Å². The van der Waals surface area contributed by atoms with Crippen molar-refractivity contribution in [2.75, 3.05) is 6.54 Å². The maximum absolute atomic E-state index is 3.66. The van der Waals surface area contributed by atoms with Crippen LogP contribution in [0.3, 0.4) is 0 Å². The molecule has 0 saturated heterocycles. The lowest BCUT2D eigenvalue weighted by molar-refractivity contribution is 0.637. The first-order chi connectivity index (χ1) is 9.02. The van der Waals surface area contributed by atoms with Gasteiger partial charge >= 0.3 is 0 Å². The van der Waals surface area contributed by atoms with Gasteiger partial charge in [0.05, 0.1) is 6.04 Å². The van der Waals surface area contributed by atoms with Gasteiger partial charge in [0.1, 0.15) is 0 Å². The van der Waals surface area contributed by atoms with Gasteiger partial charge in [-0.2, -0.15) is 0 Å². The van der Waals surface area contributed by atoms with Crippen molar-refractivity contribution in [3.8, 4) is 0 Å². The lowest BCUT2D eigenvalue weighted by Crippen LogP contribution is -2.21. The van der Waals surface area contributed by atoms with E-state index in [9.17, 15) is 0 Å². The van der Waals surface area contributed by atoms with E-state index in [2.05, 4.69) is 85.2 Å². The van der Waals surface area contributed by atoms with E-state index in [1.54, 1.807) is 0 Å². The molecule has 1 atom stereocenters. The highest BCUT2D eigenvalue weighted by atomic mass is 79.9. The van der Waals surface area contributed by atoms with Gasteiger partial charge in [0, 0.05) is 23.2 Å². The summed E-state index contributed by atoms with van der Waals surface area (Å²) in [6.45, 7) is 5.20. The molecule has 0 spiro atoms. The van der Waals surface area contributed by atoms with Crippen LogP contribution in [0.1, 0.15) is 28.3 Å². The normalized spacial score (nSPS) is 12.7. The van der Waals surface area contributed by atoms with E-state index < -0.39 is 0 Å². The van der Waals surface area contributed by atoms with Crippen molar-refractivity contribution in [3.05, 3.63) is 53.0 Å². The standard InChI is InChI=1S/C14H14Br3NS/c1-3-18-14(13-7-12(17)8(2)19-13)10-6-9(15)4-5-11(10)16/h4-7,14,18H,3H2,1-2H3. The van der Waals surface area contributed by atoms with Gasteiger partial charge < -0.3 is 5.32 Å². The molecule has 1 aromatic heterocycles. The molecule has 0 aliphatic rings. The van der Waals surface area contributed by atoms with Crippen molar-refractivity contribution < 1.29 is 0 Å². The Morgan fingerprint density at radius 3 is 2.47 bits per heavy atom. The summed E-state index contributed by atoms with van der Waals surface area (Å²) in [5, 5.41) is 3.56. The predicted molar refractivity (Wildman–Crippen MR) is 94.1 cm³/mol. The molecule has 0 amide bonds. The van der Waals surface area contributed by atoms with Crippen LogP contribution in [-0.2, 0) is 0 Å². The summed E-state index contributed by atoms with van der Waals surface area (Å²) in [5.41, 5.74) is 1.25. The van der Waals surface area contributed by atoms with Crippen LogP contribution >= 0.6 is 59.1 Å². The van der Waals surface area contributed by atoms with Crippen LogP contribution in [0.15, 0.2) is 37.7 Å². The van der Waals surface area contributed by atoms with Gasteiger partial charge in [0.15, 0.2) is 0 Å². The lowest BCUT2D eigenvalue weighted by atomic mass is 10.1. The fraction of sp³-hybridized carbons (Fsp3) is 0.286. The monoisotopic (exact) mass is 465 g/mol. The van der Waals surface area contributed by atoms with Crippen molar-refractivity contribution in [1.29, 1.82) is 0 Å². The molecule has 1 nitrogen and oxygen atoms in total. The van der Waals surface area contributed by atoms with E-state index in [1.165, 1.54) is 19.8 Å². The summed E-state index contributed by atoms with van der Waals surface area (Å²) in [6.07, 6.45) is 0. The smallest absolute Gasteiger partial charge is 0.0682 e. The number of benzene rings is 1. The molecule has 0 fully saturated rings. The third-order valence-electron chi connectivity index (χ3n) is 2.84. The van der Waals surface area contributed by atoms with Gasteiger partial charge in [-0.15, -0.1) is 11.3 Å². The molecule has 0 bridgehead atoms. The molecule has 0 radical (unpaired) electrons. The van der Waals surface area contributed by atoms with Gasteiger partial charge in [-0.25, -0.2) is 0 Å². The molecule has 2 rings (SSSR count). The predicted octanol–water partition coefficient (Wildman–Crippen LogP) is 6.04. The van der Waals surface area contributed by atoms with E-state index >= 15 is 0 Å². The first kappa shape index (κ1) is 15.7. The summed E-state index contributed by atoms with van der Waals surface area (Å²) in [6, 6.07) is 8.72. The lowest BCUT2D eigenvalue weighted by Gasteiger charge is -2.19. The second-order valence-electron chi connectivity index (χ2n) is 4.21. The third kappa shape index (κ3) is 3.70. The molecule has 1 N–H and O–H groups in total. The zero-order chi connectivity index (χ0) is 14.0. The minimum absolute atomic E-state index is 0.215. The van der Waals surface area contributed by atoms with Crippen LogP contribution in [-0.4, -0.2) is 6.54 Å². The van der Waals surface area contributed by atoms with Crippen molar-refractivity contribution in [2.24, 2.45) is 0 Å². The van der Waals surface area contributed by atoms with E-state index in [0.717, 1.165) is 15.5 Å². The van der Waals surface area contributed by atoms with Gasteiger partial charge in [0.25, 0.3) is 0 Å². The second kappa shape index (κ2) is 6.85. The molecule has 0 aliphatic carbocycles. The number of rotatable bonds is 4. The fourth-order valence-electron chi connectivity index (χ4n) is 1.93. The van der Waals surface area contributed by atoms with Crippen LogP contribution in [0.4, 0.5) is 0 Å². The molecule has 1 unspecified atom stereocenters. The number of thiophene rings is 1. The quantitative estimate of drug-likeness (QED) is 0.577. The summed E-state index contributed by atoms with van der Waals surface area (Å²) >= 11 is 12.6. The number of hydrogen-bond donors (Lipinski definition) is 1. The van der Waals surface area contributed by atoms with Crippen molar-refractivity contribution in [2.45, 2.75) is 19.9 Å². The average Bonchev–Trinajstić information content (AvgIpc) is 2.70. The highest BCUT2D eigenvalue weighted by Gasteiger charge is 2.19.